The SMILES string of the molecule is O=C(Cl)c1ccc(N=Nc2ccccc2)cc1. The Balaban J connectivity index is 2.14. The van der Waals surface area contributed by atoms with Gasteiger partial charge < -0.3 is 0 Å². The predicted octanol–water partition coefficient (Wildman–Crippen LogP) is 4.48. The molecule has 3 nitrogen and oxygen atoms in total. The van der Waals surface area contributed by atoms with E-state index < -0.39 is 5.24 Å². The molecule has 0 unspecified atom stereocenters. The fraction of sp³-hybridized carbons (Fsp3) is 0. The van der Waals surface area contributed by atoms with Crippen molar-refractivity contribution in [2.24, 2.45) is 10.2 Å². The van der Waals surface area contributed by atoms with Crippen LogP contribution in [0.1, 0.15) is 10.4 Å². The van der Waals surface area contributed by atoms with Gasteiger partial charge >= 0.3 is 0 Å². The number of hydrogen-bond donors (Lipinski definition) is 0. The first-order chi connectivity index (χ1) is 8.25. The molecular formula is C13H9ClN2O. The number of carbonyl (C=O) groups is 1. The minimum atomic E-state index is -0.475. The van der Waals surface area contributed by atoms with Crippen LogP contribution >= 0.6 is 11.6 Å². The summed E-state index contributed by atoms with van der Waals surface area (Å²) in [4.78, 5) is 10.8. The summed E-state index contributed by atoms with van der Waals surface area (Å²) in [6.45, 7) is 0. The Bertz CT molecular complexity index is 535. The van der Waals surface area contributed by atoms with Crippen LogP contribution in [0.25, 0.3) is 0 Å². The molecule has 2 rings (SSSR count). The Kier molecular flexibility index (Phi) is 3.62. The molecule has 0 bridgehead atoms. The minimum Gasteiger partial charge on any atom is -0.276 e. The number of benzene rings is 2. The number of carbonyl (C=O) groups excluding carboxylic acids is 1. The molecule has 0 amide bonds. The predicted molar refractivity (Wildman–Crippen MR) is 67.2 cm³/mol. The quantitative estimate of drug-likeness (QED) is 0.580. The monoisotopic (exact) mass is 244 g/mol. The van der Waals surface area contributed by atoms with E-state index in [-0.39, 0.29) is 0 Å². The van der Waals surface area contributed by atoms with Crippen molar-refractivity contribution in [1.29, 1.82) is 0 Å². The standard InChI is InChI=1S/C13H9ClN2O/c14-13(17)10-6-8-12(9-7-10)16-15-11-4-2-1-3-5-11/h1-9H. The van der Waals surface area contributed by atoms with Gasteiger partial charge in [0.1, 0.15) is 0 Å². The molecule has 0 atom stereocenters. The van der Waals surface area contributed by atoms with Gasteiger partial charge in [0, 0.05) is 5.56 Å². The van der Waals surface area contributed by atoms with Crippen molar-refractivity contribution in [2.45, 2.75) is 0 Å². The van der Waals surface area contributed by atoms with Crippen LogP contribution in [0.4, 0.5) is 11.4 Å². The Hall–Kier alpha value is -2.00. The van der Waals surface area contributed by atoms with Crippen molar-refractivity contribution < 1.29 is 4.79 Å². The maximum absolute atomic E-state index is 10.8. The van der Waals surface area contributed by atoms with Crippen LogP contribution < -0.4 is 0 Å². The molecule has 2 aromatic rings. The largest absolute Gasteiger partial charge is 0.276 e. The topological polar surface area (TPSA) is 41.8 Å². The van der Waals surface area contributed by atoms with Crippen LogP contribution in [-0.4, -0.2) is 5.24 Å². The molecule has 0 fully saturated rings. The molecule has 4 heteroatoms. The van der Waals surface area contributed by atoms with E-state index in [2.05, 4.69) is 10.2 Å². The molecule has 0 aromatic heterocycles. The summed E-state index contributed by atoms with van der Waals surface area (Å²) in [5, 5.41) is 7.63. The van der Waals surface area contributed by atoms with E-state index in [1.54, 1.807) is 24.3 Å². The molecule has 0 N–H and O–H groups in total. The molecule has 2 aromatic carbocycles. The highest BCUT2D eigenvalue weighted by Crippen LogP contribution is 2.18. The van der Waals surface area contributed by atoms with Crippen LogP contribution in [0, 0.1) is 0 Å². The third-order valence-corrected chi connectivity index (χ3v) is 2.35. The van der Waals surface area contributed by atoms with Crippen LogP contribution in [0.15, 0.2) is 64.8 Å². The Labute approximate surface area is 104 Å². The van der Waals surface area contributed by atoms with Crippen molar-refractivity contribution in [3.63, 3.8) is 0 Å². The third-order valence-electron chi connectivity index (χ3n) is 2.13. The van der Waals surface area contributed by atoms with Gasteiger partial charge in [0.15, 0.2) is 0 Å². The van der Waals surface area contributed by atoms with Gasteiger partial charge in [-0.25, -0.2) is 0 Å². The first-order valence-electron chi connectivity index (χ1n) is 5.02. The smallest absolute Gasteiger partial charge is 0.252 e. The second-order valence-electron chi connectivity index (χ2n) is 3.36. The van der Waals surface area contributed by atoms with Crippen molar-refractivity contribution in [1.82, 2.24) is 0 Å². The molecule has 0 radical (unpaired) electrons. The van der Waals surface area contributed by atoms with Crippen LogP contribution in [0.5, 0.6) is 0 Å². The van der Waals surface area contributed by atoms with Crippen molar-refractivity contribution in [3.05, 3.63) is 60.2 Å². The number of rotatable bonds is 3. The zero-order valence-corrected chi connectivity index (χ0v) is 9.63. The van der Waals surface area contributed by atoms with Gasteiger partial charge in [0.05, 0.1) is 11.4 Å². The van der Waals surface area contributed by atoms with Gasteiger partial charge in [-0.3, -0.25) is 4.79 Å². The number of hydrogen-bond acceptors (Lipinski definition) is 3. The minimum absolute atomic E-state index is 0.449. The maximum atomic E-state index is 10.8. The highest BCUT2D eigenvalue weighted by Gasteiger charge is 1.99. The van der Waals surface area contributed by atoms with E-state index in [0.29, 0.717) is 11.3 Å². The lowest BCUT2D eigenvalue weighted by molar-refractivity contribution is 0.108. The second kappa shape index (κ2) is 5.37. The Morgan fingerprint density at radius 1 is 0.824 bits per heavy atom. The first-order valence-corrected chi connectivity index (χ1v) is 5.40. The van der Waals surface area contributed by atoms with Gasteiger partial charge in [0.2, 0.25) is 0 Å². The summed E-state index contributed by atoms with van der Waals surface area (Å²) < 4.78 is 0. The fourth-order valence-corrected chi connectivity index (χ4v) is 1.40. The van der Waals surface area contributed by atoms with E-state index in [9.17, 15) is 4.79 Å². The van der Waals surface area contributed by atoms with Gasteiger partial charge in [-0.15, -0.1) is 0 Å². The molecule has 0 aliphatic heterocycles. The number of halogens is 1. The lowest BCUT2D eigenvalue weighted by Gasteiger charge is -1.95. The second-order valence-corrected chi connectivity index (χ2v) is 3.70. The molecule has 17 heavy (non-hydrogen) atoms. The zero-order chi connectivity index (χ0) is 12.1. The maximum Gasteiger partial charge on any atom is 0.252 e. The molecule has 84 valence electrons. The molecule has 0 aliphatic carbocycles. The Morgan fingerprint density at radius 3 is 1.88 bits per heavy atom. The van der Waals surface area contributed by atoms with Gasteiger partial charge in [-0.1, -0.05) is 18.2 Å². The van der Waals surface area contributed by atoms with Gasteiger partial charge in [-0.2, -0.15) is 10.2 Å². The van der Waals surface area contributed by atoms with Crippen molar-refractivity contribution >= 4 is 28.2 Å². The third kappa shape index (κ3) is 3.23. The lowest BCUT2D eigenvalue weighted by atomic mass is 10.2. The normalized spacial score (nSPS) is 10.6. The fourth-order valence-electron chi connectivity index (χ4n) is 1.27. The van der Waals surface area contributed by atoms with Crippen LogP contribution in [0.2, 0.25) is 0 Å². The van der Waals surface area contributed by atoms with Gasteiger partial charge in [-0.05, 0) is 48.0 Å². The lowest BCUT2D eigenvalue weighted by Crippen LogP contribution is -1.85. The average Bonchev–Trinajstić information content (AvgIpc) is 2.38. The Morgan fingerprint density at radius 2 is 1.35 bits per heavy atom. The molecule has 0 heterocycles. The zero-order valence-electron chi connectivity index (χ0n) is 8.88. The summed E-state index contributed by atoms with van der Waals surface area (Å²) in [5.74, 6) is 0. The van der Waals surface area contributed by atoms with E-state index in [1.807, 2.05) is 30.3 Å². The summed E-state index contributed by atoms with van der Waals surface area (Å²) in [7, 11) is 0. The molecule has 0 aliphatic rings. The van der Waals surface area contributed by atoms with E-state index >= 15 is 0 Å². The summed E-state index contributed by atoms with van der Waals surface area (Å²) in [6.07, 6.45) is 0. The molecular weight excluding hydrogens is 236 g/mol. The van der Waals surface area contributed by atoms with E-state index in [0.717, 1.165) is 5.69 Å². The summed E-state index contributed by atoms with van der Waals surface area (Å²) in [5.41, 5.74) is 1.91. The summed E-state index contributed by atoms with van der Waals surface area (Å²) in [6, 6.07) is 16.1. The number of nitrogens with zero attached hydrogens (tertiary/aromatic N) is 2. The molecule has 0 saturated carbocycles. The van der Waals surface area contributed by atoms with Crippen LogP contribution in [-0.2, 0) is 0 Å². The van der Waals surface area contributed by atoms with Crippen molar-refractivity contribution in [3.8, 4) is 0 Å². The molecule has 0 saturated heterocycles. The highest BCUT2D eigenvalue weighted by molar-refractivity contribution is 6.67. The van der Waals surface area contributed by atoms with E-state index in [4.69, 9.17) is 11.6 Å². The van der Waals surface area contributed by atoms with Gasteiger partial charge in [0.25, 0.3) is 5.24 Å². The van der Waals surface area contributed by atoms with E-state index in [1.165, 1.54) is 0 Å². The summed E-state index contributed by atoms with van der Waals surface area (Å²) >= 11 is 5.34. The van der Waals surface area contributed by atoms with Crippen molar-refractivity contribution in [2.75, 3.05) is 0 Å². The molecule has 0 spiro atoms. The number of azo groups is 1. The van der Waals surface area contributed by atoms with Crippen LogP contribution in [0.3, 0.4) is 0 Å². The highest BCUT2D eigenvalue weighted by atomic mass is 35.5. The first kappa shape index (κ1) is 11.5. The average molecular weight is 245 g/mol.